The molecule has 1 aromatic heterocycles. The van der Waals surface area contributed by atoms with E-state index in [4.69, 9.17) is 5.11 Å². The minimum atomic E-state index is -0.864. The van der Waals surface area contributed by atoms with Crippen LogP contribution in [0.5, 0.6) is 5.75 Å². The summed E-state index contributed by atoms with van der Waals surface area (Å²) in [6.07, 6.45) is 1.49. The van der Waals surface area contributed by atoms with Crippen LogP contribution in [-0.2, 0) is 0 Å². The summed E-state index contributed by atoms with van der Waals surface area (Å²) in [5, 5.41) is 8.94. The second kappa shape index (κ2) is 3.65. The van der Waals surface area contributed by atoms with Crippen molar-refractivity contribution in [1.82, 2.24) is 4.98 Å². The Kier molecular flexibility index (Phi) is 2.33. The summed E-state index contributed by atoms with van der Waals surface area (Å²) in [7, 11) is 0. The van der Waals surface area contributed by atoms with Crippen LogP contribution in [-0.4, -0.2) is 10.1 Å². The Balaban J connectivity index is 2.59. The second-order valence-corrected chi connectivity index (χ2v) is 3.00. The van der Waals surface area contributed by atoms with Gasteiger partial charge in [-0.1, -0.05) is 6.07 Å². The van der Waals surface area contributed by atoms with Gasteiger partial charge in [0.25, 0.3) is 0 Å². The fourth-order valence-electron chi connectivity index (χ4n) is 1.25. The van der Waals surface area contributed by atoms with E-state index in [0.29, 0.717) is 5.69 Å². The van der Waals surface area contributed by atoms with E-state index in [1.54, 1.807) is 18.2 Å². The summed E-state index contributed by atoms with van der Waals surface area (Å²) in [6.45, 7) is 0. The summed E-state index contributed by atoms with van der Waals surface area (Å²) in [5.41, 5.74) is 0.361. The van der Waals surface area contributed by atoms with Crippen LogP contribution in [0.4, 0.5) is 8.78 Å². The number of halogens is 2. The van der Waals surface area contributed by atoms with Crippen molar-refractivity contribution in [2.45, 2.75) is 0 Å². The number of aromatic hydroxyl groups is 1. The van der Waals surface area contributed by atoms with Crippen LogP contribution >= 0.6 is 0 Å². The highest BCUT2D eigenvalue weighted by Crippen LogP contribution is 2.26. The van der Waals surface area contributed by atoms with E-state index in [1.807, 2.05) is 0 Å². The Bertz CT molecular complexity index is 485. The maximum atomic E-state index is 13.3. The molecule has 0 radical (unpaired) electrons. The molecule has 4 heteroatoms. The van der Waals surface area contributed by atoms with E-state index < -0.39 is 17.4 Å². The molecule has 0 spiro atoms. The van der Waals surface area contributed by atoms with Crippen molar-refractivity contribution in [3.05, 3.63) is 48.2 Å². The first-order chi connectivity index (χ1) is 7.18. The summed E-state index contributed by atoms with van der Waals surface area (Å²) in [5.74, 6) is -2.27. The Morgan fingerprint density at radius 3 is 2.53 bits per heavy atom. The topological polar surface area (TPSA) is 33.1 Å². The SMILES string of the molecule is Oc1cc(F)c(-c2ccccn2)cc1F. The number of benzene rings is 1. The Morgan fingerprint density at radius 2 is 1.87 bits per heavy atom. The van der Waals surface area contributed by atoms with E-state index >= 15 is 0 Å². The number of phenolic OH excluding ortho intramolecular Hbond substituents is 1. The highest BCUT2D eigenvalue weighted by Gasteiger charge is 2.11. The fraction of sp³-hybridized carbons (Fsp3) is 0. The molecule has 0 aliphatic heterocycles. The van der Waals surface area contributed by atoms with Crippen molar-refractivity contribution in [3.63, 3.8) is 0 Å². The van der Waals surface area contributed by atoms with Crippen LogP contribution in [0.2, 0.25) is 0 Å². The smallest absolute Gasteiger partial charge is 0.165 e. The van der Waals surface area contributed by atoms with Gasteiger partial charge in [-0.15, -0.1) is 0 Å². The number of nitrogens with zero attached hydrogens (tertiary/aromatic N) is 1. The maximum absolute atomic E-state index is 13.3. The Morgan fingerprint density at radius 1 is 1.07 bits per heavy atom. The highest BCUT2D eigenvalue weighted by atomic mass is 19.1. The zero-order valence-electron chi connectivity index (χ0n) is 7.61. The molecule has 0 bridgehead atoms. The molecule has 0 aliphatic rings. The molecule has 2 nitrogen and oxygen atoms in total. The first-order valence-electron chi connectivity index (χ1n) is 4.28. The molecule has 1 heterocycles. The van der Waals surface area contributed by atoms with E-state index in [1.165, 1.54) is 6.20 Å². The van der Waals surface area contributed by atoms with Crippen LogP contribution in [0.3, 0.4) is 0 Å². The number of aromatic nitrogens is 1. The number of hydrogen-bond acceptors (Lipinski definition) is 2. The standard InChI is InChI=1S/C11H7F2NO/c12-8-6-11(15)9(13)5-7(8)10-3-1-2-4-14-10/h1-6,15H. The van der Waals surface area contributed by atoms with E-state index in [-0.39, 0.29) is 5.56 Å². The fourth-order valence-corrected chi connectivity index (χ4v) is 1.25. The summed E-state index contributed by atoms with van der Waals surface area (Å²) in [6, 6.07) is 6.58. The number of pyridine rings is 1. The molecule has 0 amide bonds. The van der Waals surface area contributed by atoms with E-state index in [9.17, 15) is 8.78 Å². The van der Waals surface area contributed by atoms with Gasteiger partial charge in [0.1, 0.15) is 5.82 Å². The van der Waals surface area contributed by atoms with Crippen molar-refractivity contribution >= 4 is 0 Å². The van der Waals surface area contributed by atoms with Crippen molar-refractivity contribution in [2.75, 3.05) is 0 Å². The molecule has 0 fully saturated rings. The molecule has 0 atom stereocenters. The van der Waals surface area contributed by atoms with Gasteiger partial charge in [-0.25, -0.2) is 8.78 Å². The third-order valence-electron chi connectivity index (χ3n) is 1.98. The minimum Gasteiger partial charge on any atom is -0.505 e. The number of rotatable bonds is 1. The van der Waals surface area contributed by atoms with Gasteiger partial charge in [0.2, 0.25) is 0 Å². The molecule has 15 heavy (non-hydrogen) atoms. The van der Waals surface area contributed by atoms with E-state index in [0.717, 1.165) is 12.1 Å². The lowest BCUT2D eigenvalue weighted by atomic mass is 10.1. The molecule has 1 N–H and O–H groups in total. The first-order valence-corrected chi connectivity index (χ1v) is 4.28. The van der Waals surface area contributed by atoms with Crippen molar-refractivity contribution < 1.29 is 13.9 Å². The Labute approximate surface area is 84.8 Å². The van der Waals surface area contributed by atoms with E-state index in [2.05, 4.69) is 4.98 Å². The van der Waals surface area contributed by atoms with Gasteiger partial charge in [-0.05, 0) is 18.2 Å². The third-order valence-corrected chi connectivity index (χ3v) is 1.98. The predicted octanol–water partition coefficient (Wildman–Crippen LogP) is 2.73. The molecule has 76 valence electrons. The van der Waals surface area contributed by atoms with Crippen LogP contribution in [0.15, 0.2) is 36.5 Å². The predicted molar refractivity (Wildman–Crippen MR) is 51.3 cm³/mol. The summed E-state index contributed by atoms with van der Waals surface area (Å²) >= 11 is 0. The summed E-state index contributed by atoms with van der Waals surface area (Å²) in [4.78, 5) is 3.89. The van der Waals surface area contributed by atoms with Crippen molar-refractivity contribution in [3.8, 4) is 17.0 Å². The average Bonchev–Trinajstić information content (AvgIpc) is 2.25. The molecule has 2 rings (SSSR count). The van der Waals surface area contributed by atoms with Crippen LogP contribution < -0.4 is 0 Å². The molecule has 0 saturated carbocycles. The van der Waals surface area contributed by atoms with Crippen LogP contribution in [0.25, 0.3) is 11.3 Å². The largest absolute Gasteiger partial charge is 0.505 e. The summed E-state index contributed by atoms with van der Waals surface area (Å²) < 4.78 is 26.3. The lowest BCUT2D eigenvalue weighted by Crippen LogP contribution is -1.89. The van der Waals surface area contributed by atoms with Gasteiger partial charge in [0.05, 0.1) is 5.69 Å². The van der Waals surface area contributed by atoms with Crippen molar-refractivity contribution in [2.24, 2.45) is 0 Å². The monoisotopic (exact) mass is 207 g/mol. The van der Waals surface area contributed by atoms with Gasteiger partial charge < -0.3 is 5.11 Å². The second-order valence-electron chi connectivity index (χ2n) is 3.00. The lowest BCUT2D eigenvalue weighted by Gasteiger charge is -2.03. The third kappa shape index (κ3) is 1.79. The minimum absolute atomic E-state index is 0.0332. The molecular weight excluding hydrogens is 200 g/mol. The first kappa shape index (κ1) is 9.58. The zero-order chi connectivity index (χ0) is 10.8. The van der Waals surface area contributed by atoms with Crippen molar-refractivity contribution in [1.29, 1.82) is 0 Å². The zero-order valence-corrected chi connectivity index (χ0v) is 7.61. The Hall–Kier alpha value is -1.97. The molecule has 0 saturated heterocycles. The molecule has 1 aromatic carbocycles. The van der Waals surface area contributed by atoms with Crippen LogP contribution in [0.1, 0.15) is 0 Å². The van der Waals surface area contributed by atoms with Gasteiger partial charge in [0.15, 0.2) is 11.6 Å². The van der Waals surface area contributed by atoms with Gasteiger partial charge >= 0.3 is 0 Å². The highest BCUT2D eigenvalue weighted by molar-refractivity contribution is 5.60. The van der Waals surface area contributed by atoms with Gasteiger partial charge in [0, 0.05) is 17.8 Å². The molecule has 2 aromatic rings. The number of hydrogen-bond donors (Lipinski definition) is 1. The molecule has 0 unspecified atom stereocenters. The average molecular weight is 207 g/mol. The molecular formula is C11H7F2NO. The van der Waals surface area contributed by atoms with Crippen LogP contribution in [0, 0.1) is 11.6 Å². The molecule has 0 aliphatic carbocycles. The lowest BCUT2D eigenvalue weighted by molar-refractivity contribution is 0.427. The van der Waals surface area contributed by atoms with Gasteiger partial charge in [-0.2, -0.15) is 0 Å². The quantitative estimate of drug-likeness (QED) is 0.779. The maximum Gasteiger partial charge on any atom is 0.165 e. The number of phenols is 1. The normalized spacial score (nSPS) is 10.3. The van der Waals surface area contributed by atoms with Gasteiger partial charge in [-0.3, -0.25) is 4.98 Å².